The van der Waals surface area contributed by atoms with Crippen LogP contribution in [-0.4, -0.2) is 5.91 Å². The maximum atomic E-state index is 11.4. The largest absolute Gasteiger partial charge is 0.352 e. The van der Waals surface area contributed by atoms with Crippen molar-refractivity contribution in [3.05, 3.63) is 35.4 Å². The first-order chi connectivity index (χ1) is 7.76. The molecule has 88 valence electrons. The van der Waals surface area contributed by atoms with Crippen LogP contribution in [-0.2, 0) is 17.8 Å². The molecule has 0 spiro atoms. The van der Waals surface area contributed by atoms with Gasteiger partial charge in [-0.3, -0.25) is 4.79 Å². The molecular formula is C14H21NO. The zero-order chi connectivity index (χ0) is 11.8. The van der Waals surface area contributed by atoms with E-state index in [1.165, 1.54) is 11.1 Å². The zero-order valence-electron chi connectivity index (χ0n) is 10.3. The third kappa shape index (κ3) is 4.47. The maximum absolute atomic E-state index is 11.4. The molecule has 0 bridgehead atoms. The van der Waals surface area contributed by atoms with E-state index in [0.29, 0.717) is 13.0 Å². The summed E-state index contributed by atoms with van der Waals surface area (Å²) >= 11 is 0. The Morgan fingerprint density at radius 1 is 1.12 bits per heavy atom. The minimum absolute atomic E-state index is 0.154. The fourth-order valence-corrected chi connectivity index (χ4v) is 1.52. The summed E-state index contributed by atoms with van der Waals surface area (Å²) in [5.41, 5.74) is 2.50. The molecule has 1 amide bonds. The Labute approximate surface area is 98.1 Å². The predicted molar refractivity (Wildman–Crippen MR) is 67.2 cm³/mol. The van der Waals surface area contributed by atoms with Gasteiger partial charge in [-0.1, -0.05) is 44.5 Å². The summed E-state index contributed by atoms with van der Waals surface area (Å²) in [6.45, 7) is 4.88. The Balaban J connectivity index is 2.33. The Bertz CT molecular complexity index is 316. The summed E-state index contributed by atoms with van der Waals surface area (Å²) < 4.78 is 0. The number of nitrogens with one attached hydrogen (secondary N) is 1. The molecule has 0 aromatic heterocycles. The van der Waals surface area contributed by atoms with Crippen molar-refractivity contribution < 1.29 is 4.79 Å². The summed E-state index contributed by atoms with van der Waals surface area (Å²) in [5, 5.41) is 2.93. The molecule has 0 aliphatic rings. The monoisotopic (exact) mass is 219 g/mol. The molecule has 0 radical (unpaired) electrons. The van der Waals surface area contributed by atoms with Crippen LogP contribution in [0.1, 0.15) is 44.2 Å². The van der Waals surface area contributed by atoms with Gasteiger partial charge in [0.2, 0.25) is 5.91 Å². The Hall–Kier alpha value is -1.31. The zero-order valence-corrected chi connectivity index (χ0v) is 10.3. The first-order valence-electron chi connectivity index (χ1n) is 6.10. The molecule has 0 atom stereocenters. The van der Waals surface area contributed by atoms with Gasteiger partial charge in [-0.15, -0.1) is 0 Å². The lowest BCUT2D eigenvalue weighted by Gasteiger charge is -2.05. The molecule has 1 N–H and O–H groups in total. The Morgan fingerprint density at radius 2 is 1.75 bits per heavy atom. The summed E-state index contributed by atoms with van der Waals surface area (Å²) in [7, 11) is 0. The van der Waals surface area contributed by atoms with Crippen molar-refractivity contribution in [1.29, 1.82) is 0 Å². The molecule has 0 aliphatic heterocycles. The van der Waals surface area contributed by atoms with Crippen LogP contribution in [0.25, 0.3) is 0 Å². The van der Waals surface area contributed by atoms with E-state index in [9.17, 15) is 4.79 Å². The number of carbonyl (C=O) groups is 1. The summed E-state index contributed by atoms with van der Waals surface area (Å²) in [5.74, 6) is 0.154. The average Bonchev–Trinajstić information content (AvgIpc) is 2.34. The molecule has 0 heterocycles. The molecule has 16 heavy (non-hydrogen) atoms. The van der Waals surface area contributed by atoms with E-state index in [2.05, 4.69) is 43.4 Å². The maximum Gasteiger partial charge on any atom is 0.220 e. The van der Waals surface area contributed by atoms with Crippen molar-refractivity contribution in [2.45, 2.75) is 46.1 Å². The number of aryl methyl sites for hydroxylation is 1. The predicted octanol–water partition coefficient (Wildman–Crippen LogP) is 3.06. The third-order valence-corrected chi connectivity index (χ3v) is 2.68. The molecule has 1 aromatic rings. The van der Waals surface area contributed by atoms with Crippen molar-refractivity contribution in [3.8, 4) is 0 Å². The fraction of sp³-hybridized carbons (Fsp3) is 0.500. The lowest BCUT2D eigenvalue weighted by atomic mass is 10.1. The fourth-order valence-electron chi connectivity index (χ4n) is 1.52. The van der Waals surface area contributed by atoms with Gasteiger partial charge in [-0.2, -0.15) is 0 Å². The second-order valence-electron chi connectivity index (χ2n) is 4.05. The number of benzene rings is 1. The highest BCUT2D eigenvalue weighted by atomic mass is 16.1. The van der Waals surface area contributed by atoms with E-state index in [4.69, 9.17) is 0 Å². The average molecular weight is 219 g/mol. The molecule has 0 aliphatic carbocycles. The molecule has 1 rings (SSSR count). The van der Waals surface area contributed by atoms with Crippen LogP contribution in [0.15, 0.2) is 24.3 Å². The van der Waals surface area contributed by atoms with E-state index in [0.717, 1.165) is 19.3 Å². The molecule has 0 unspecified atom stereocenters. The minimum Gasteiger partial charge on any atom is -0.352 e. The first-order valence-corrected chi connectivity index (χ1v) is 6.10. The van der Waals surface area contributed by atoms with Gasteiger partial charge in [0, 0.05) is 13.0 Å². The minimum atomic E-state index is 0.154. The van der Waals surface area contributed by atoms with Gasteiger partial charge in [0.25, 0.3) is 0 Å². The van der Waals surface area contributed by atoms with Crippen LogP contribution in [0.5, 0.6) is 0 Å². The number of carbonyl (C=O) groups excluding carboxylic acids is 1. The number of amides is 1. The lowest BCUT2D eigenvalue weighted by molar-refractivity contribution is -0.121. The van der Waals surface area contributed by atoms with Crippen molar-refractivity contribution in [1.82, 2.24) is 5.32 Å². The lowest BCUT2D eigenvalue weighted by Crippen LogP contribution is -2.22. The standard InChI is InChI=1S/C14H21NO/c1-3-5-6-14(16)15-11-13-9-7-12(4-2)8-10-13/h7-10H,3-6,11H2,1-2H3,(H,15,16). The quantitative estimate of drug-likeness (QED) is 0.782. The van der Waals surface area contributed by atoms with Crippen molar-refractivity contribution in [3.63, 3.8) is 0 Å². The van der Waals surface area contributed by atoms with Crippen LogP contribution >= 0.6 is 0 Å². The van der Waals surface area contributed by atoms with Crippen LogP contribution < -0.4 is 5.32 Å². The van der Waals surface area contributed by atoms with Crippen LogP contribution in [0.2, 0.25) is 0 Å². The molecule has 1 aromatic carbocycles. The van der Waals surface area contributed by atoms with Gasteiger partial charge in [-0.05, 0) is 24.0 Å². The summed E-state index contributed by atoms with van der Waals surface area (Å²) in [6.07, 6.45) is 3.74. The van der Waals surface area contributed by atoms with E-state index < -0.39 is 0 Å². The van der Waals surface area contributed by atoms with Gasteiger partial charge in [-0.25, -0.2) is 0 Å². The second-order valence-corrected chi connectivity index (χ2v) is 4.05. The topological polar surface area (TPSA) is 29.1 Å². The highest BCUT2D eigenvalue weighted by Gasteiger charge is 2.00. The number of unbranched alkanes of at least 4 members (excludes halogenated alkanes) is 1. The molecule has 0 saturated heterocycles. The molecule has 2 nitrogen and oxygen atoms in total. The number of hydrogen-bond donors (Lipinski definition) is 1. The highest BCUT2D eigenvalue weighted by molar-refractivity contribution is 5.75. The SMILES string of the molecule is CCCCC(=O)NCc1ccc(CC)cc1. The third-order valence-electron chi connectivity index (χ3n) is 2.68. The number of hydrogen-bond acceptors (Lipinski definition) is 1. The van der Waals surface area contributed by atoms with Gasteiger partial charge < -0.3 is 5.32 Å². The second kappa shape index (κ2) is 7.04. The van der Waals surface area contributed by atoms with Crippen molar-refractivity contribution in [2.24, 2.45) is 0 Å². The number of rotatable bonds is 6. The van der Waals surface area contributed by atoms with E-state index >= 15 is 0 Å². The van der Waals surface area contributed by atoms with Gasteiger partial charge in [0.1, 0.15) is 0 Å². The van der Waals surface area contributed by atoms with Crippen LogP contribution in [0.4, 0.5) is 0 Å². The molecular weight excluding hydrogens is 198 g/mol. The first kappa shape index (κ1) is 12.8. The van der Waals surface area contributed by atoms with E-state index in [1.54, 1.807) is 0 Å². The highest BCUT2D eigenvalue weighted by Crippen LogP contribution is 2.05. The van der Waals surface area contributed by atoms with E-state index in [-0.39, 0.29) is 5.91 Å². The summed E-state index contributed by atoms with van der Waals surface area (Å²) in [4.78, 5) is 11.4. The Kier molecular flexibility index (Phi) is 5.62. The molecule has 0 saturated carbocycles. The normalized spacial score (nSPS) is 10.1. The van der Waals surface area contributed by atoms with E-state index in [1.807, 2.05) is 0 Å². The van der Waals surface area contributed by atoms with Gasteiger partial charge >= 0.3 is 0 Å². The van der Waals surface area contributed by atoms with Crippen LogP contribution in [0.3, 0.4) is 0 Å². The molecule has 2 heteroatoms. The van der Waals surface area contributed by atoms with Gasteiger partial charge in [0.05, 0.1) is 0 Å². The Morgan fingerprint density at radius 3 is 2.31 bits per heavy atom. The molecule has 0 fully saturated rings. The summed E-state index contributed by atoms with van der Waals surface area (Å²) in [6, 6.07) is 8.40. The van der Waals surface area contributed by atoms with Gasteiger partial charge in [0.15, 0.2) is 0 Å². The smallest absolute Gasteiger partial charge is 0.220 e. The van der Waals surface area contributed by atoms with Crippen molar-refractivity contribution >= 4 is 5.91 Å². The van der Waals surface area contributed by atoms with Crippen LogP contribution in [0, 0.1) is 0 Å². The van der Waals surface area contributed by atoms with Crippen molar-refractivity contribution in [2.75, 3.05) is 0 Å².